The minimum Gasteiger partial charge on any atom is -0.449 e. The van der Waals surface area contributed by atoms with Crippen molar-refractivity contribution in [2.45, 2.75) is 49.6 Å². The van der Waals surface area contributed by atoms with E-state index in [0.29, 0.717) is 13.1 Å². The number of benzene rings is 1. The van der Waals surface area contributed by atoms with Crippen molar-refractivity contribution in [1.29, 1.82) is 0 Å². The highest BCUT2D eigenvalue weighted by atomic mass is 32.2. The van der Waals surface area contributed by atoms with E-state index in [4.69, 9.17) is 4.74 Å². The van der Waals surface area contributed by atoms with Crippen LogP contribution in [0.3, 0.4) is 0 Å². The normalized spacial score (nSPS) is 18.8. The molecule has 1 aliphatic carbocycles. The number of nitrogens with zero attached hydrogens (tertiary/aromatic N) is 1. The van der Waals surface area contributed by atoms with Crippen molar-refractivity contribution in [3.05, 3.63) is 29.8 Å². The van der Waals surface area contributed by atoms with E-state index in [-0.39, 0.29) is 22.4 Å². The van der Waals surface area contributed by atoms with Gasteiger partial charge in [-0.25, -0.2) is 17.9 Å². The molecule has 8 heteroatoms. The molecule has 0 aromatic heterocycles. The smallest absolute Gasteiger partial charge is 0.338 e. The number of nitrogens with one attached hydrogen (secondary N) is 1. The van der Waals surface area contributed by atoms with Crippen LogP contribution in [0.25, 0.3) is 0 Å². The number of rotatable bonds is 6. The number of esters is 1. The zero-order chi connectivity index (χ0) is 18.0. The molecule has 1 amide bonds. The van der Waals surface area contributed by atoms with Crippen molar-refractivity contribution in [2.24, 2.45) is 0 Å². The summed E-state index contributed by atoms with van der Waals surface area (Å²) >= 11 is 0. The maximum Gasteiger partial charge on any atom is 0.338 e. The predicted octanol–water partition coefficient (Wildman–Crippen LogP) is 1.29. The summed E-state index contributed by atoms with van der Waals surface area (Å²) in [6.45, 7) is 2.94. The van der Waals surface area contributed by atoms with Crippen LogP contribution in [0.4, 0.5) is 0 Å². The quantitative estimate of drug-likeness (QED) is 0.766. The van der Waals surface area contributed by atoms with E-state index in [1.165, 1.54) is 24.3 Å². The second kappa shape index (κ2) is 7.13. The van der Waals surface area contributed by atoms with Crippen molar-refractivity contribution >= 4 is 21.9 Å². The fourth-order valence-corrected chi connectivity index (χ4v) is 4.04. The van der Waals surface area contributed by atoms with Gasteiger partial charge in [0.25, 0.3) is 5.91 Å². The highest BCUT2D eigenvalue weighted by molar-refractivity contribution is 7.89. The molecule has 1 saturated carbocycles. The Hall–Kier alpha value is -1.93. The Balaban J connectivity index is 1.61. The van der Waals surface area contributed by atoms with E-state index in [9.17, 15) is 18.0 Å². The molecule has 136 valence electrons. The molecule has 1 aromatic carbocycles. The number of carbonyl (C=O) groups excluding carboxylic acids is 2. The summed E-state index contributed by atoms with van der Waals surface area (Å²) in [6, 6.07) is 5.56. The third-order valence-corrected chi connectivity index (χ3v) is 5.89. The summed E-state index contributed by atoms with van der Waals surface area (Å²) in [5.74, 6) is -0.835. The van der Waals surface area contributed by atoms with Crippen molar-refractivity contribution in [2.75, 3.05) is 13.1 Å². The first-order valence-corrected chi connectivity index (χ1v) is 9.97. The highest BCUT2D eigenvalue weighted by Crippen LogP contribution is 2.22. The Labute approximate surface area is 147 Å². The van der Waals surface area contributed by atoms with Gasteiger partial charge in [0, 0.05) is 19.1 Å². The molecule has 1 atom stereocenters. The lowest BCUT2D eigenvalue weighted by Crippen LogP contribution is -2.38. The lowest BCUT2D eigenvalue weighted by Gasteiger charge is -2.20. The monoisotopic (exact) mass is 366 g/mol. The molecule has 1 heterocycles. The van der Waals surface area contributed by atoms with Gasteiger partial charge >= 0.3 is 5.97 Å². The number of hydrogen-bond donors (Lipinski definition) is 1. The average molecular weight is 366 g/mol. The summed E-state index contributed by atoms with van der Waals surface area (Å²) in [5, 5.41) is 0. The van der Waals surface area contributed by atoms with E-state index in [0.717, 1.165) is 25.7 Å². The Morgan fingerprint density at radius 3 is 2.32 bits per heavy atom. The maximum atomic E-state index is 12.2. The van der Waals surface area contributed by atoms with Crippen LogP contribution < -0.4 is 4.72 Å². The van der Waals surface area contributed by atoms with Gasteiger partial charge in [0.1, 0.15) is 0 Å². The summed E-state index contributed by atoms with van der Waals surface area (Å²) in [6.07, 6.45) is 2.79. The number of carbonyl (C=O) groups is 2. The number of amides is 1. The average Bonchev–Trinajstić information content (AvgIpc) is 3.22. The number of sulfonamides is 1. The summed E-state index contributed by atoms with van der Waals surface area (Å²) in [7, 11) is -3.55. The molecule has 3 rings (SSSR count). The van der Waals surface area contributed by atoms with Crippen molar-refractivity contribution in [3.63, 3.8) is 0 Å². The van der Waals surface area contributed by atoms with Crippen LogP contribution in [-0.2, 0) is 19.6 Å². The SMILES string of the molecule is CC(OC(=O)c1ccc(S(=O)(=O)NC2CC2)cc1)C(=O)N1CCCC1. The first-order valence-electron chi connectivity index (χ1n) is 8.49. The highest BCUT2D eigenvalue weighted by Gasteiger charge is 2.29. The number of likely N-dealkylation sites (tertiary alicyclic amines) is 1. The summed E-state index contributed by atoms with van der Waals surface area (Å²) < 4.78 is 32.0. The fourth-order valence-electron chi connectivity index (χ4n) is 2.73. The zero-order valence-electron chi connectivity index (χ0n) is 14.1. The van der Waals surface area contributed by atoms with Gasteiger partial charge in [-0.15, -0.1) is 0 Å². The Kier molecular flexibility index (Phi) is 5.10. The molecule has 2 fully saturated rings. The van der Waals surface area contributed by atoms with Gasteiger partial charge in [-0.3, -0.25) is 4.79 Å². The molecule has 0 radical (unpaired) electrons. The van der Waals surface area contributed by atoms with Crippen LogP contribution in [0.1, 0.15) is 43.0 Å². The van der Waals surface area contributed by atoms with Gasteiger partial charge in [0.05, 0.1) is 10.5 Å². The second-order valence-electron chi connectivity index (χ2n) is 6.50. The van der Waals surface area contributed by atoms with E-state index in [2.05, 4.69) is 4.72 Å². The third-order valence-electron chi connectivity index (χ3n) is 4.35. The van der Waals surface area contributed by atoms with Crippen LogP contribution in [0.2, 0.25) is 0 Å². The van der Waals surface area contributed by atoms with Crippen molar-refractivity contribution in [3.8, 4) is 0 Å². The van der Waals surface area contributed by atoms with Crippen LogP contribution in [0, 0.1) is 0 Å². The van der Waals surface area contributed by atoms with Gasteiger partial charge in [0.2, 0.25) is 10.0 Å². The minimum atomic E-state index is -3.55. The molecule has 0 bridgehead atoms. The first kappa shape index (κ1) is 17.9. The number of hydrogen-bond acceptors (Lipinski definition) is 5. The Morgan fingerprint density at radius 1 is 1.16 bits per heavy atom. The van der Waals surface area contributed by atoms with Crippen LogP contribution >= 0.6 is 0 Å². The van der Waals surface area contributed by atoms with E-state index < -0.39 is 22.1 Å². The molecule has 1 saturated heterocycles. The number of ether oxygens (including phenoxy) is 1. The summed E-state index contributed by atoms with van der Waals surface area (Å²) in [4.78, 5) is 26.1. The Morgan fingerprint density at radius 2 is 1.76 bits per heavy atom. The molecular weight excluding hydrogens is 344 g/mol. The molecule has 25 heavy (non-hydrogen) atoms. The lowest BCUT2D eigenvalue weighted by molar-refractivity contribution is -0.138. The third kappa shape index (κ3) is 4.38. The minimum absolute atomic E-state index is 0.0205. The van der Waals surface area contributed by atoms with Crippen LogP contribution in [-0.4, -0.2) is 50.4 Å². The zero-order valence-corrected chi connectivity index (χ0v) is 14.9. The molecule has 1 aliphatic heterocycles. The molecule has 1 aromatic rings. The van der Waals surface area contributed by atoms with Gasteiger partial charge < -0.3 is 9.64 Å². The van der Waals surface area contributed by atoms with E-state index in [1.54, 1.807) is 11.8 Å². The van der Waals surface area contributed by atoms with Crippen molar-refractivity contribution < 1.29 is 22.7 Å². The molecule has 1 unspecified atom stereocenters. The van der Waals surface area contributed by atoms with Gasteiger partial charge in [-0.1, -0.05) is 0 Å². The summed E-state index contributed by atoms with van der Waals surface area (Å²) in [5.41, 5.74) is 0.214. The standard InChI is InChI=1S/C17H22N2O5S/c1-12(16(20)19-10-2-3-11-19)24-17(21)13-4-8-15(9-5-13)25(22,23)18-14-6-7-14/h4-5,8-9,12,14,18H,2-3,6-7,10-11H2,1H3. The maximum absolute atomic E-state index is 12.2. The molecule has 1 N–H and O–H groups in total. The molecule has 7 nitrogen and oxygen atoms in total. The van der Waals surface area contributed by atoms with E-state index in [1.807, 2.05) is 0 Å². The fraction of sp³-hybridized carbons (Fsp3) is 0.529. The van der Waals surface area contributed by atoms with E-state index >= 15 is 0 Å². The van der Waals surface area contributed by atoms with Crippen LogP contribution in [0.5, 0.6) is 0 Å². The van der Waals surface area contributed by atoms with Gasteiger partial charge in [-0.2, -0.15) is 0 Å². The van der Waals surface area contributed by atoms with Crippen LogP contribution in [0.15, 0.2) is 29.2 Å². The predicted molar refractivity (Wildman–Crippen MR) is 90.5 cm³/mol. The molecular formula is C17H22N2O5S. The van der Waals surface area contributed by atoms with Crippen molar-refractivity contribution in [1.82, 2.24) is 9.62 Å². The largest absolute Gasteiger partial charge is 0.449 e. The lowest BCUT2D eigenvalue weighted by atomic mass is 10.2. The molecule has 2 aliphatic rings. The first-order chi connectivity index (χ1) is 11.9. The topological polar surface area (TPSA) is 92.8 Å². The van der Waals surface area contributed by atoms with Gasteiger partial charge in [-0.05, 0) is 56.9 Å². The molecule has 0 spiro atoms. The van der Waals surface area contributed by atoms with Gasteiger partial charge in [0.15, 0.2) is 6.10 Å². The second-order valence-corrected chi connectivity index (χ2v) is 8.21. The Bertz CT molecular complexity index is 750.